The van der Waals surface area contributed by atoms with Crippen molar-refractivity contribution < 1.29 is 9.53 Å². The van der Waals surface area contributed by atoms with Crippen molar-refractivity contribution in [1.82, 2.24) is 5.32 Å². The van der Waals surface area contributed by atoms with Gasteiger partial charge < -0.3 is 10.1 Å². The molecule has 114 valence electrons. The molecule has 1 fully saturated rings. The normalized spacial score (nSPS) is 15.2. The smallest absolute Gasteiger partial charge is 0.227 e. The first-order valence-electron chi connectivity index (χ1n) is 7.45. The van der Waals surface area contributed by atoms with Gasteiger partial charge in [-0.3, -0.25) is 4.79 Å². The SMILES string of the molecule is CC(C(=O)NC1CC1)c1ccc(Oc2ccc(Cl)cc2)cc1. The number of carbonyl (C=O) groups is 1. The summed E-state index contributed by atoms with van der Waals surface area (Å²) in [6, 6.07) is 15.2. The molecule has 1 amide bonds. The van der Waals surface area contributed by atoms with Gasteiger partial charge in [-0.05, 0) is 61.7 Å². The third-order valence-corrected chi connectivity index (χ3v) is 4.00. The molecule has 1 saturated carbocycles. The summed E-state index contributed by atoms with van der Waals surface area (Å²) in [5.41, 5.74) is 0.988. The highest BCUT2D eigenvalue weighted by molar-refractivity contribution is 6.30. The van der Waals surface area contributed by atoms with E-state index in [1.807, 2.05) is 43.3 Å². The molecular formula is C18H18ClNO2. The van der Waals surface area contributed by atoms with Gasteiger partial charge >= 0.3 is 0 Å². The first-order valence-corrected chi connectivity index (χ1v) is 7.83. The Balaban J connectivity index is 1.63. The van der Waals surface area contributed by atoms with Gasteiger partial charge in [0.25, 0.3) is 0 Å². The van der Waals surface area contributed by atoms with E-state index in [0.29, 0.717) is 11.1 Å². The fourth-order valence-corrected chi connectivity index (χ4v) is 2.29. The van der Waals surface area contributed by atoms with Crippen molar-refractivity contribution in [3.63, 3.8) is 0 Å². The molecule has 3 rings (SSSR count). The maximum Gasteiger partial charge on any atom is 0.227 e. The highest BCUT2D eigenvalue weighted by Crippen LogP contribution is 2.26. The Hall–Kier alpha value is -2.00. The summed E-state index contributed by atoms with van der Waals surface area (Å²) in [6.07, 6.45) is 2.21. The monoisotopic (exact) mass is 315 g/mol. The molecule has 0 saturated heterocycles. The van der Waals surface area contributed by atoms with Crippen LogP contribution >= 0.6 is 11.6 Å². The van der Waals surface area contributed by atoms with Crippen molar-refractivity contribution in [2.24, 2.45) is 0 Å². The van der Waals surface area contributed by atoms with E-state index in [0.717, 1.165) is 29.9 Å². The Morgan fingerprint density at radius 1 is 1.09 bits per heavy atom. The molecule has 22 heavy (non-hydrogen) atoms. The van der Waals surface area contributed by atoms with Gasteiger partial charge in [-0.1, -0.05) is 23.7 Å². The average Bonchev–Trinajstić information content (AvgIpc) is 3.33. The fraction of sp³-hybridized carbons (Fsp3) is 0.278. The summed E-state index contributed by atoms with van der Waals surface area (Å²) in [5, 5.41) is 3.71. The standard InChI is InChI=1S/C18H18ClNO2/c1-12(18(21)20-15-6-7-15)13-2-8-16(9-3-13)22-17-10-4-14(19)5-11-17/h2-5,8-12,15H,6-7H2,1H3,(H,20,21). The van der Waals surface area contributed by atoms with Gasteiger partial charge in [0.15, 0.2) is 0 Å². The number of benzene rings is 2. The van der Waals surface area contributed by atoms with E-state index >= 15 is 0 Å². The average molecular weight is 316 g/mol. The predicted octanol–water partition coefficient (Wildman–Crippen LogP) is 4.51. The minimum absolute atomic E-state index is 0.0915. The van der Waals surface area contributed by atoms with Crippen LogP contribution in [-0.4, -0.2) is 11.9 Å². The number of rotatable bonds is 5. The fourth-order valence-electron chi connectivity index (χ4n) is 2.17. The lowest BCUT2D eigenvalue weighted by Crippen LogP contribution is -2.29. The van der Waals surface area contributed by atoms with E-state index in [4.69, 9.17) is 16.3 Å². The van der Waals surface area contributed by atoms with E-state index in [1.54, 1.807) is 12.1 Å². The van der Waals surface area contributed by atoms with Gasteiger partial charge in [0.2, 0.25) is 5.91 Å². The summed E-state index contributed by atoms with van der Waals surface area (Å²) >= 11 is 5.85. The molecule has 1 aliphatic carbocycles. The number of carbonyl (C=O) groups excluding carboxylic acids is 1. The van der Waals surface area contributed by atoms with Crippen molar-refractivity contribution >= 4 is 17.5 Å². The van der Waals surface area contributed by atoms with Gasteiger partial charge in [0, 0.05) is 11.1 Å². The van der Waals surface area contributed by atoms with Crippen LogP contribution in [0.1, 0.15) is 31.2 Å². The van der Waals surface area contributed by atoms with E-state index < -0.39 is 0 Å². The lowest BCUT2D eigenvalue weighted by atomic mass is 10.0. The molecule has 1 atom stereocenters. The van der Waals surface area contributed by atoms with Crippen molar-refractivity contribution in [2.45, 2.75) is 31.7 Å². The lowest BCUT2D eigenvalue weighted by molar-refractivity contribution is -0.122. The molecule has 0 aromatic heterocycles. The Morgan fingerprint density at radius 3 is 2.18 bits per heavy atom. The summed E-state index contributed by atoms with van der Waals surface area (Å²) in [6.45, 7) is 1.92. The van der Waals surface area contributed by atoms with Crippen LogP contribution in [0.2, 0.25) is 5.02 Å². The van der Waals surface area contributed by atoms with Crippen LogP contribution in [0.4, 0.5) is 0 Å². The summed E-state index contributed by atoms with van der Waals surface area (Å²) in [7, 11) is 0. The molecular weight excluding hydrogens is 298 g/mol. The molecule has 1 aliphatic rings. The molecule has 2 aromatic carbocycles. The lowest BCUT2D eigenvalue weighted by Gasteiger charge is -2.13. The largest absolute Gasteiger partial charge is 0.457 e. The summed E-state index contributed by atoms with van der Waals surface area (Å²) < 4.78 is 5.74. The predicted molar refractivity (Wildman–Crippen MR) is 87.5 cm³/mol. The van der Waals surface area contributed by atoms with Gasteiger partial charge in [-0.2, -0.15) is 0 Å². The van der Waals surface area contributed by atoms with Crippen LogP contribution in [-0.2, 0) is 4.79 Å². The first-order chi connectivity index (χ1) is 10.6. The molecule has 3 nitrogen and oxygen atoms in total. The number of hydrogen-bond donors (Lipinski definition) is 1. The first kappa shape index (κ1) is 14.9. The summed E-state index contributed by atoms with van der Waals surface area (Å²) in [5.74, 6) is 1.41. The van der Waals surface area contributed by atoms with Crippen LogP contribution in [0.25, 0.3) is 0 Å². The highest BCUT2D eigenvalue weighted by Gasteiger charge is 2.26. The maximum atomic E-state index is 12.0. The number of amides is 1. The van der Waals surface area contributed by atoms with Gasteiger partial charge in [0.1, 0.15) is 11.5 Å². The zero-order chi connectivity index (χ0) is 15.5. The van der Waals surface area contributed by atoms with E-state index in [1.165, 1.54) is 0 Å². The van der Waals surface area contributed by atoms with E-state index in [2.05, 4.69) is 5.32 Å². The molecule has 0 heterocycles. The number of nitrogens with one attached hydrogen (secondary N) is 1. The topological polar surface area (TPSA) is 38.3 Å². The molecule has 1 N–H and O–H groups in total. The van der Waals surface area contributed by atoms with Gasteiger partial charge in [0.05, 0.1) is 5.92 Å². The molecule has 0 aliphatic heterocycles. The second-order valence-corrected chi connectivity index (χ2v) is 6.07. The van der Waals surface area contributed by atoms with E-state index in [9.17, 15) is 4.79 Å². The minimum atomic E-state index is -0.148. The zero-order valence-corrected chi connectivity index (χ0v) is 13.1. The Labute approximate surface area is 135 Å². The van der Waals surface area contributed by atoms with Gasteiger partial charge in [-0.15, -0.1) is 0 Å². The van der Waals surface area contributed by atoms with E-state index in [-0.39, 0.29) is 11.8 Å². The maximum absolute atomic E-state index is 12.0. The van der Waals surface area contributed by atoms with Crippen LogP contribution in [0.15, 0.2) is 48.5 Å². The number of ether oxygens (including phenoxy) is 1. The Bertz CT molecular complexity index is 648. The Morgan fingerprint density at radius 2 is 1.64 bits per heavy atom. The van der Waals surface area contributed by atoms with Crippen LogP contribution in [0, 0.1) is 0 Å². The van der Waals surface area contributed by atoms with Crippen molar-refractivity contribution in [2.75, 3.05) is 0 Å². The quantitative estimate of drug-likeness (QED) is 0.881. The number of hydrogen-bond acceptors (Lipinski definition) is 2. The molecule has 0 bridgehead atoms. The van der Waals surface area contributed by atoms with Crippen molar-refractivity contribution in [3.8, 4) is 11.5 Å². The van der Waals surface area contributed by atoms with Crippen LogP contribution in [0.3, 0.4) is 0 Å². The molecule has 0 spiro atoms. The second kappa shape index (κ2) is 6.41. The van der Waals surface area contributed by atoms with Crippen molar-refractivity contribution in [3.05, 3.63) is 59.1 Å². The molecule has 0 radical (unpaired) electrons. The third kappa shape index (κ3) is 3.80. The summed E-state index contributed by atoms with van der Waals surface area (Å²) in [4.78, 5) is 12.0. The molecule has 4 heteroatoms. The highest BCUT2D eigenvalue weighted by atomic mass is 35.5. The zero-order valence-electron chi connectivity index (χ0n) is 12.4. The second-order valence-electron chi connectivity index (χ2n) is 5.63. The molecule has 1 unspecified atom stereocenters. The number of halogens is 1. The minimum Gasteiger partial charge on any atom is -0.457 e. The van der Waals surface area contributed by atoms with Crippen LogP contribution in [0.5, 0.6) is 11.5 Å². The van der Waals surface area contributed by atoms with Gasteiger partial charge in [-0.25, -0.2) is 0 Å². The molecule has 2 aromatic rings. The Kier molecular flexibility index (Phi) is 4.34. The van der Waals surface area contributed by atoms with Crippen LogP contribution < -0.4 is 10.1 Å². The third-order valence-electron chi connectivity index (χ3n) is 3.75. The van der Waals surface area contributed by atoms with Crippen molar-refractivity contribution in [1.29, 1.82) is 0 Å².